The van der Waals surface area contributed by atoms with Gasteiger partial charge in [0.2, 0.25) is 5.91 Å². The van der Waals surface area contributed by atoms with Crippen molar-refractivity contribution < 1.29 is 18.0 Å². The summed E-state index contributed by atoms with van der Waals surface area (Å²) in [5, 5.41) is 8.44. The zero-order valence-electron chi connectivity index (χ0n) is 14.2. The number of hydrogen-bond acceptors (Lipinski definition) is 4. The molecule has 0 spiro atoms. The van der Waals surface area contributed by atoms with Gasteiger partial charge in [-0.15, -0.1) is 10.2 Å². The number of primary amides is 1. The number of nitrogens with zero attached hydrogens (tertiary/aromatic N) is 3. The van der Waals surface area contributed by atoms with Crippen LogP contribution in [0.5, 0.6) is 0 Å². The zero-order chi connectivity index (χ0) is 19.6. The Morgan fingerprint density at radius 3 is 2.48 bits per heavy atom. The highest BCUT2D eigenvalue weighted by Gasteiger charge is 2.31. The summed E-state index contributed by atoms with van der Waals surface area (Å²) >= 11 is 1.02. The van der Waals surface area contributed by atoms with Crippen LogP contribution in [0, 0.1) is 6.92 Å². The zero-order valence-corrected chi connectivity index (χ0v) is 15.0. The van der Waals surface area contributed by atoms with Crippen LogP contribution in [0.3, 0.4) is 0 Å². The van der Waals surface area contributed by atoms with Gasteiger partial charge in [-0.2, -0.15) is 13.2 Å². The molecule has 0 atom stereocenters. The molecule has 27 heavy (non-hydrogen) atoms. The first kappa shape index (κ1) is 19.0. The van der Waals surface area contributed by atoms with Crippen molar-refractivity contribution in [1.82, 2.24) is 14.8 Å². The molecule has 2 aromatic carbocycles. The fourth-order valence-corrected chi connectivity index (χ4v) is 3.13. The van der Waals surface area contributed by atoms with Crippen LogP contribution in [0.25, 0.3) is 17.1 Å². The Balaban J connectivity index is 2.14. The number of carbonyl (C=O) groups excluding carboxylic acids is 1. The number of alkyl halides is 3. The molecule has 1 amide bonds. The molecule has 0 saturated carbocycles. The molecular formula is C18H15F3N4OS. The molecule has 3 aromatic rings. The second-order valence-electron chi connectivity index (χ2n) is 5.81. The molecule has 1 aromatic heterocycles. The lowest BCUT2D eigenvalue weighted by Crippen LogP contribution is -2.14. The molecule has 0 fully saturated rings. The molecule has 140 valence electrons. The van der Waals surface area contributed by atoms with E-state index in [-0.39, 0.29) is 16.6 Å². The van der Waals surface area contributed by atoms with Crippen molar-refractivity contribution >= 4 is 17.7 Å². The lowest BCUT2D eigenvalue weighted by atomic mass is 10.1. The molecule has 1 heterocycles. The molecule has 0 aliphatic rings. The number of aromatic nitrogens is 3. The molecule has 3 rings (SSSR count). The van der Waals surface area contributed by atoms with Gasteiger partial charge in [-0.25, -0.2) is 0 Å². The predicted octanol–water partition coefficient (Wildman–Crippen LogP) is 3.84. The Morgan fingerprint density at radius 2 is 1.85 bits per heavy atom. The van der Waals surface area contributed by atoms with Crippen molar-refractivity contribution in [2.24, 2.45) is 5.73 Å². The number of thioether (sulfide) groups is 1. The van der Waals surface area contributed by atoms with Crippen LogP contribution in [0.15, 0.2) is 53.7 Å². The van der Waals surface area contributed by atoms with Crippen molar-refractivity contribution in [3.8, 4) is 17.1 Å². The number of hydrogen-bond donors (Lipinski definition) is 1. The number of carbonyl (C=O) groups is 1. The average Bonchev–Trinajstić information content (AvgIpc) is 3.04. The number of rotatable bonds is 5. The Kier molecular flexibility index (Phi) is 5.22. The first-order chi connectivity index (χ1) is 12.8. The number of halogens is 3. The summed E-state index contributed by atoms with van der Waals surface area (Å²) in [4.78, 5) is 11.1. The van der Waals surface area contributed by atoms with E-state index in [2.05, 4.69) is 10.2 Å². The smallest absolute Gasteiger partial charge is 0.369 e. The largest absolute Gasteiger partial charge is 0.416 e. The van der Waals surface area contributed by atoms with E-state index in [1.54, 1.807) is 0 Å². The van der Waals surface area contributed by atoms with Crippen LogP contribution in [-0.2, 0) is 11.0 Å². The molecule has 0 bridgehead atoms. The van der Waals surface area contributed by atoms with Gasteiger partial charge in [-0.3, -0.25) is 9.36 Å². The minimum Gasteiger partial charge on any atom is -0.369 e. The van der Waals surface area contributed by atoms with Crippen molar-refractivity contribution in [2.75, 3.05) is 5.75 Å². The molecule has 0 aliphatic heterocycles. The van der Waals surface area contributed by atoms with Crippen LogP contribution in [0.2, 0.25) is 0 Å². The van der Waals surface area contributed by atoms with Crippen LogP contribution in [-0.4, -0.2) is 26.4 Å². The first-order valence-electron chi connectivity index (χ1n) is 7.87. The van der Waals surface area contributed by atoms with E-state index in [1.165, 1.54) is 16.7 Å². The first-order valence-corrected chi connectivity index (χ1v) is 8.85. The van der Waals surface area contributed by atoms with E-state index in [9.17, 15) is 18.0 Å². The molecule has 9 heteroatoms. The van der Waals surface area contributed by atoms with Crippen LogP contribution >= 0.6 is 11.8 Å². The number of benzene rings is 2. The Hall–Kier alpha value is -2.81. The molecule has 0 unspecified atom stereocenters. The lowest BCUT2D eigenvalue weighted by molar-refractivity contribution is -0.137. The van der Waals surface area contributed by atoms with E-state index in [0.29, 0.717) is 11.4 Å². The molecule has 0 aliphatic carbocycles. The van der Waals surface area contributed by atoms with Gasteiger partial charge >= 0.3 is 6.18 Å². The van der Waals surface area contributed by atoms with Gasteiger partial charge < -0.3 is 5.73 Å². The molecule has 5 nitrogen and oxygen atoms in total. The summed E-state index contributed by atoms with van der Waals surface area (Å²) in [6.45, 7) is 1.93. The van der Waals surface area contributed by atoms with Crippen LogP contribution < -0.4 is 5.73 Å². The van der Waals surface area contributed by atoms with Crippen molar-refractivity contribution in [2.45, 2.75) is 18.3 Å². The molecule has 0 saturated heterocycles. The van der Waals surface area contributed by atoms with Gasteiger partial charge in [-0.1, -0.05) is 47.7 Å². The van der Waals surface area contributed by atoms with Crippen molar-refractivity contribution in [3.05, 3.63) is 59.7 Å². The monoisotopic (exact) mass is 392 g/mol. The lowest BCUT2D eigenvalue weighted by Gasteiger charge is -2.13. The highest BCUT2D eigenvalue weighted by Crippen LogP contribution is 2.33. The fourth-order valence-electron chi connectivity index (χ4n) is 2.44. The quantitative estimate of drug-likeness (QED) is 0.670. The highest BCUT2D eigenvalue weighted by atomic mass is 32.2. The third kappa shape index (κ3) is 4.30. The fraction of sp³-hybridized carbons (Fsp3) is 0.167. The van der Waals surface area contributed by atoms with Gasteiger partial charge in [0.25, 0.3) is 0 Å². The second kappa shape index (κ2) is 7.43. The minimum absolute atomic E-state index is 0.0645. The minimum atomic E-state index is -4.48. The SMILES string of the molecule is Cc1ccc(-c2nnc(SCC(N)=O)n2-c2cccc(C(F)(F)F)c2)cc1. The molecular weight excluding hydrogens is 377 g/mol. The third-order valence-corrected chi connectivity index (χ3v) is 4.67. The summed E-state index contributed by atoms with van der Waals surface area (Å²) in [5.41, 5.74) is 6.37. The standard InChI is InChI=1S/C18H15F3N4OS/c1-11-5-7-12(8-6-11)16-23-24-17(27-10-15(22)26)25(16)14-4-2-3-13(9-14)18(19,20)21/h2-9H,10H2,1H3,(H2,22,26). The van der Waals surface area contributed by atoms with Gasteiger partial charge in [0.15, 0.2) is 11.0 Å². The highest BCUT2D eigenvalue weighted by molar-refractivity contribution is 7.99. The summed E-state index contributed by atoms with van der Waals surface area (Å²) in [6, 6.07) is 12.2. The van der Waals surface area contributed by atoms with Crippen LogP contribution in [0.1, 0.15) is 11.1 Å². The van der Waals surface area contributed by atoms with E-state index in [0.717, 1.165) is 29.5 Å². The number of aryl methyl sites for hydroxylation is 1. The van der Waals surface area contributed by atoms with Gasteiger partial charge in [0, 0.05) is 5.56 Å². The van der Waals surface area contributed by atoms with Crippen molar-refractivity contribution in [3.63, 3.8) is 0 Å². The van der Waals surface area contributed by atoms with Gasteiger partial charge in [0.05, 0.1) is 17.0 Å². The molecule has 0 radical (unpaired) electrons. The summed E-state index contributed by atoms with van der Waals surface area (Å²) in [5.74, 6) is -0.248. The maximum Gasteiger partial charge on any atom is 0.416 e. The van der Waals surface area contributed by atoms with Gasteiger partial charge in [-0.05, 0) is 25.1 Å². The van der Waals surface area contributed by atoms with E-state index in [1.807, 2.05) is 31.2 Å². The Bertz CT molecular complexity index is 967. The Labute approximate surface area is 157 Å². The van der Waals surface area contributed by atoms with Crippen molar-refractivity contribution in [1.29, 1.82) is 0 Å². The average molecular weight is 392 g/mol. The summed E-state index contributed by atoms with van der Waals surface area (Å²) < 4.78 is 40.9. The number of amides is 1. The topological polar surface area (TPSA) is 73.8 Å². The van der Waals surface area contributed by atoms with E-state index >= 15 is 0 Å². The van der Waals surface area contributed by atoms with E-state index < -0.39 is 17.6 Å². The summed E-state index contributed by atoms with van der Waals surface area (Å²) in [6.07, 6.45) is -4.48. The Morgan fingerprint density at radius 1 is 1.15 bits per heavy atom. The number of nitrogens with two attached hydrogens (primary N) is 1. The molecule has 2 N–H and O–H groups in total. The second-order valence-corrected chi connectivity index (χ2v) is 6.75. The van der Waals surface area contributed by atoms with E-state index in [4.69, 9.17) is 5.73 Å². The van der Waals surface area contributed by atoms with Gasteiger partial charge in [0.1, 0.15) is 0 Å². The maximum atomic E-state index is 13.1. The maximum absolute atomic E-state index is 13.1. The third-order valence-electron chi connectivity index (χ3n) is 3.72. The van der Waals surface area contributed by atoms with Crippen LogP contribution in [0.4, 0.5) is 13.2 Å². The predicted molar refractivity (Wildman–Crippen MR) is 96.5 cm³/mol. The summed E-state index contributed by atoms with van der Waals surface area (Å²) in [7, 11) is 0. The normalized spacial score (nSPS) is 11.6.